The van der Waals surface area contributed by atoms with Gasteiger partial charge in [0.2, 0.25) is 5.91 Å². The molecule has 2 aliphatic heterocycles. The van der Waals surface area contributed by atoms with Crippen LogP contribution in [0.5, 0.6) is 5.75 Å². The van der Waals surface area contributed by atoms with Gasteiger partial charge in [-0.05, 0) is 67.4 Å². The fourth-order valence-corrected chi connectivity index (χ4v) is 6.39. The first-order valence-electron chi connectivity index (χ1n) is 13.5. The summed E-state index contributed by atoms with van der Waals surface area (Å²) in [5.74, 6) is -0.00551. The molecule has 4 atom stereocenters. The van der Waals surface area contributed by atoms with Crippen LogP contribution in [0.25, 0.3) is 0 Å². The highest BCUT2D eigenvalue weighted by atomic mass is 35.5. The summed E-state index contributed by atoms with van der Waals surface area (Å²) < 4.78 is 19.0. The van der Waals surface area contributed by atoms with Gasteiger partial charge < -0.3 is 19.4 Å². The summed E-state index contributed by atoms with van der Waals surface area (Å²) in [6.45, 7) is 4.05. The molecule has 2 amide bonds. The van der Waals surface area contributed by atoms with E-state index in [9.17, 15) is 14.0 Å². The summed E-state index contributed by atoms with van der Waals surface area (Å²) in [5, 5.41) is 0.421. The van der Waals surface area contributed by atoms with Crippen LogP contribution in [0, 0.1) is 11.7 Å². The zero-order chi connectivity index (χ0) is 29.1. The minimum atomic E-state index is -0.581. The van der Waals surface area contributed by atoms with Gasteiger partial charge in [0.15, 0.2) is 0 Å². The van der Waals surface area contributed by atoms with Gasteiger partial charge >= 0.3 is 6.09 Å². The lowest BCUT2D eigenvalue weighted by Gasteiger charge is -2.37. The van der Waals surface area contributed by atoms with Crippen LogP contribution >= 0.6 is 34.8 Å². The summed E-state index contributed by atoms with van der Waals surface area (Å²) in [6, 6.07) is 16.0. The number of hydrogen-bond acceptors (Lipinski definition) is 5. The number of likely N-dealkylation sites (N-methyl/N-ethyl adjacent to an activating group) is 1. The lowest BCUT2D eigenvalue weighted by molar-refractivity contribution is -0.135. The first kappa shape index (κ1) is 29.4. The van der Waals surface area contributed by atoms with Gasteiger partial charge in [-0.2, -0.15) is 0 Å². The van der Waals surface area contributed by atoms with Gasteiger partial charge in [0.05, 0.1) is 27.4 Å². The minimum Gasteiger partial charge on any atom is -0.410 e. The summed E-state index contributed by atoms with van der Waals surface area (Å²) in [5.41, 5.74) is 0.861. The number of carbonyl (C=O) groups excluding carboxylic acids is 2. The largest absolute Gasteiger partial charge is 0.415 e. The molecule has 5 rings (SSSR count). The predicted octanol–water partition coefficient (Wildman–Crippen LogP) is 6.48. The van der Waals surface area contributed by atoms with Gasteiger partial charge in [-0.15, -0.1) is 11.6 Å². The fraction of sp³-hybridized carbons (Fsp3) is 0.367. The van der Waals surface area contributed by atoms with E-state index in [-0.39, 0.29) is 23.5 Å². The van der Waals surface area contributed by atoms with E-state index in [2.05, 4.69) is 9.88 Å². The van der Waals surface area contributed by atoms with Gasteiger partial charge in [0, 0.05) is 44.8 Å². The zero-order valence-electron chi connectivity index (χ0n) is 22.4. The molecule has 2 fully saturated rings. The Kier molecular flexibility index (Phi) is 9.22. The van der Waals surface area contributed by atoms with Crippen molar-refractivity contribution in [2.24, 2.45) is 5.92 Å². The van der Waals surface area contributed by atoms with E-state index >= 15 is 0 Å². The number of amides is 2. The van der Waals surface area contributed by atoms with Crippen LogP contribution < -0.4 is 9.64 Å². The number of rotatable bonds is 6. The zero-order valence-corrected chi connectivity index (χ0v) is 24.7. The number of carbonyl (C=O) groups is 2. The highest BCUT2D eigenvalue weighted by Crippen LogP contribution is 2.37. The van der Waals surface area contributed by atoms with E-state index in [0.717, 1.165) is 11.4 Å². The Balaban J connectivity index is 1.36. The number of ether oxygens (including phenoxy) is 1. The molecule has 0 aliphatic carbocycles. The maximum atomic E-state index is 13.9. The van der Waals surface area contributed by atoms with Gasteiger partial charge in [-0.25, -0.2) is 14.2 Å². The molecular weight excluding hydrogens is 590 g/mol. The number of aromatic nitrogens is 1. The van der Waals surface area contributed by atoms with Crippen molar-refractivity contribution in [3.05, 3.63) is 88.3 Å². The van der Waals surface area contributed by atoms with Crippen molar-refractivity contribution in [1.82, 2.24) is 14.8 Å². The van der Waals surface area contributed by atoms with Crippen LogP contribution in [0.15, 0.2) is 66.9 Å². The van der Waals surface area contributed by atoms with Crippen molar-refractivity contribution in [3.8, 4) is 5.75 Å². The van der Waals surface area contributed by atoms with Crippen LogP contribution in [0.3, 0.4) is 0 Å². The Morgan fingerprint density at radius 3 is 2.49 bits per heavy atom. The van der Waals surface area contributed by atoms with Crippen LogP contribution in [0.1, 0.15) is 24.8 Å². The third-order valence-corrected chi connectivity index (χ3v) is 8.98. The van der Waals surface area contributed by atoms with Crippen molar-refractivity contribution in [1.29, 1.82) is 0 Å². The SMILES string of the molecule is CCN(C(=O)Oc1ccc(F)cc1)[C@@H]1CN(C(=O)C2CCN(c3ccccn3)CC2Cl)C[C@H]1c1ccc(Cl)c(Cl)c1. The molecule has 0 saturated carbocycles. The molecule has 2 saturated heterocycles. The summed E-state index contributed by atoms with van der Waals surface area (Å²) in [6.07, 6.45) is 1.75. The number of piperidine rings is 1. The predicted molar refractivity (Wildman–Crippen MR) is 159 cm³/mol. The van der Waals surface area contributed by atoms with E-state index in [1.54, 1.807) is 28.1 Å². The van der Waals surface area contributed by atoms with E-state index in [1.165, 1.54) is 24.3 Å². The highest BCUT2D eigenvalue weighted by Gasteiger charge is 2.45. The molecule has 3 heterocycles. The third-order valence-electron chi connectivity index (χ3n) is 7.80. The molecule has 216 valence electrons. The molecule has 1 aromatic heterocycles. The Hall–Kier alpha value is -3.07. The monoisotopic (exact) mass is 618 g/mol. The van der Waals surface area contributed by atoms with Crippen molar-refractivity contribution in [2.45, 2.75) is 30.7 Å². The maximum absolute atomic E-state index is 13.9. The number of likely N-dealkylation sites (tertiary alicyclic amines) is 1. The van der Waals surface area contributed by atoms with Gasteiger partial charge in [0.1, 0.15) is 17.4 Å². The first-order valence-corrected chi connectivity index (χ1v) is 14.7. The Morgan fingerprint density at radius 1 is 1.05 bits per heavy atom. The normalized spacial score (nSPS) is 22.5. The van der Waals surface area contributed by atoms with Crippen LogP contribution in [0.2, 0.25) is 10.0 Å². The fourth-order valence-electron chi connectivity index (χ4n) is 5.68. The molecule has 3 aromatic rings. The molecule has 2 unspecified atom stereocenters. The summed E-state index contributed by atoms with van der Waals surface area (Å²) in [4.78, 5) is 37.1. The number of nitrogens with zero attached hydrogens (tertiary/aromatic N) is 4. The first-order chi connectivity index (χ1) is 19.7. The molecule has 2 aliphatic rings. The number of halogens is 4. The third kappa shape index (κ3) is 6.55. The molecule has 0 N–H and O–H groups in total. The second-order valence-electron chi connectivity index (χ2n) is 10.2. The molecule has 0 bridgehead atoms. The molecule has 11 heteroatoms. The topological polar surface area (TPSA) is 66.0 Å². The second kappa shape index (κ2) is 12.8. The van der Waals surface area contributed by atoms with E-state index in [1.807, 2.05) is 31.2 Å². The molecule has 0 radical (unpaired) electrons. The summed E-state index contributed by atoms with van der Waals surface area (Å²) in [7, 11) is 0. The molecule has 41 heavy (non-hydrogen) atoms. The molecule has 2 aromatic carbocycles. The standard InChI is InChI=1S/C30H30Cl3FN4O3/c1-2-38(30(40)41-21-9-7-20(34)8-10-21)27-18-37(16-23(27)19-6-11-24(31)25(32)15-19)29(39)22-12-14-36(17-26(22)33)28-5-3-4-13-35-28/h3-11,13,15,22-23,26-27H,2,12,14,16-18H2,1H3/t22?,23-,26?,27+/m0/s1. The molecule has 7 nitrogen and oxygen atoms in total. The lowest BCUT2D eigenvalue weighted by atomic mass is 9.93. The Labute approximate surface area is 253 Å². The Bertz CT molecular complexity index is 1380. The van der Waals surface area contributed by atoms with Crippen LogP contribution in [-0.4, -0.2) is 70.9 Å². The van der Waals surface area contributed by atoms with E-state index in [4.69, 9.17) is 39.5 Å². The second-order valence-corrected chi connectivity index (χ2v) is 11.6. The average molecular weight is 620 g/mol. The maximum Gasteiger partial charge on any atom is 0.415 e. The number of alkyl halides is 1. The lowest BCUT2D eigenvalue weighted by Crippen LogP contribution is -2.49. The van der Waals surface area contributed by atoms with Crippen molar-refractivity contribution >= 4 is 52.6 Å². The number of anilines is 1. The Morgan fingerprint density at radius 2 is 1.83 bits per heavy atom. The van der Waals surface area contributed by atoms with Crippen LogP contribution in [0.4, 0.5) is 15.0 Å². The van der Waals surface area contributed by atoms with E-state index < -0.39 is 23.3 Å². The molecule has 0 spiro atoms. The smallest absolute Gasteiger partial charge is 0.410 e. The van der Waals surface area contributed by atoms with Crippen molar-refractivity contribution < 1.29 is 18.7 Å². The van der Waals surface area contributed by atoms with Gasteiger partial charge in [-0.3, -0.25) is 4.79 Å². The number of hydrogen-bond donors (Lipinski definition) is 0. The van der Waals surface area contributed by atoms with Gasteiger partial charge in [-0.1, -0.05) is 35.3 Å². The van der Waals surface area contributed by atoms with Crippen molar-refractivity contribution in [2.75, 3.05) is 37.6 Å². The number of pyridine rings is 1. The van der Waals surface area contributed by atoms with Crippen molar-refractivity contribution in [3.63, 3.8) is 0 Å². The molecular formula is C30H30Cl3FN4O3. The quantitative estimate of drug-likeness (QED) is 0.296. The van der Waals surface area contributed by atoms with Crippen LogP contribution in [-0.2, 0) is 4.79 Å². The minimum absolute atomic E-state index is 0.0406. The van der Waals surface area contributed by atoms with E-state index in [0.29, 0.717) is 49.2 Å². The highest BCUT2D eigenvalue weighted by molar-refractivity contribution is 6.42. The number of benzene rings is 2. The van der Waals surface area contributed by atoms with Gasteiger partial charge in [0.25, 0.3) is 0 Å². The average Bonchev–Trinajstić information content (AvgIpc) is 3.41. The summed E-state index contributed by atoms with van der Waals surface area (Å²) >= 11 is 19.4.